The normalized spacial score (nSPS) is 10.3. The van der Waals surface area contributed by atoms with Crippen molar-refractivity contribution in [1.82, 2.24) is 10.3 Å². The summed E-state index contributed by atoms with van der Waals surface area (Å²) in [7, 11) is 1.57. The molecular formula is C19H30N2O2. The highest BCUT2D eigenvalue weighted by Crippen LogP contribution is 2.15. The molecule has 1 heterocycles. The number of nitrogens with zero attached hydrogens (tertiary/aromatic N) is 1. The molecule has 0 aliphatic rings. The molecule has 1 aromatic rings. The minimum Gasteiger partial charge on any atom is -0.458 e. The monoisotopic (exact) mass is 318 g/mol. The molecule has 0 fully saturated rings. The van der Waals surface area contributed by atoms with Crippen LogP contribution in [0.25, 0.3) is 0 Å². The molecule has 1 N–H and O–H groups in total. The Balaban J connectivity index is 0. The van der Waals surface area contributed by atoms with E-state index in [2.05, 4.69) is 43.4 Å². The van der Waals surface area contributed by atoms with Gasteiger partial charge < -0.3 is 10.1 Å². The second-order valence-electron chi connectivity index (χ2n) is 4.35. The second-order valence-corrected chi connectivity index (χ2v) is 4.35. The molecule has 4 nitrogen and oxygen atoms in total. The van der Waals surface area contributed by atoms with E-state index in [1.165, 1.54) is 0 Å². The second kappa shape index (κ2) is 14.6. The summed E-state index contributed by atoms with van der Waals surface area (Å²) < 4.78 is 5.70. The van der Waals surface area contributed by atoms with E-state index in [0.29, 0.717) is 17.4 Å². The summed E-state index contributed by atoms with van der Waals surface area (Å²) >= 11 is 0. The van der Waals surface area contributed by atoms with E-state index in [9.17, 15) is 4.79 Å². The van der Waals surface area contributed by atoms with Crippen molar-refractivity contribution in [2.45, 2.75) is 34.6 Å². The molecule has 4 heteroatoms. The molecule has 0 unspecified atom stereocenters. The number of allylic oxidation sites excluding steroid dienone is 3. The number of carbonyl (C=O) groups excluding carboxylic acids is 1. The van der Waals surface area contributed by atoms with Crippen LogP contribution in [-0.2, 0) is 0 Å². The van der Waals surface area contributed by atoms with Gasteiger partial charge in [-0.3, -0.25) is 9.78 Å². The molecule has 128 valence electrons. The Labute approximate surface area is 141 Å². The largest absolute Gasteiger partial charge is 0.458 e. The van der Waals surface area contributed by atoms with Crippen molar-refractivity contribution in [2.24, 2.45) is 5.92 Å². The average molecular weight is 318 g/mol. The van der Waals surface area contributed by atoms with Crippen LogP contribution in [0, 0.1) is 5.92 Å². The van der Waals surface area contributed by atoms with Crippen LogP contribution >= 0.6 is 0 Å². The van der Waals surface area contributed by atoms with Crippen molar-refractivity contribution >= 4 is 5.91 Å². The molecule has 0 aliphatic carbocycles. The van der Waals surface area contributed by atoms with Gasteiger partial charge in [-0.1, -0.05) is 33.8 Å². The van der Waals surface area contributed by atoms with Gasteiger partial charge >= 0.3 is 0 Å². The Morgan fingerprint density at radius 3 is 2.43 bits per heavy atom. The zero-order chi connectivity index (χ0) is 18.3. The van der Waals surface area contributed by atoms with E-state index < -0.39 is 0 Å². The maximum Gasteiger partial charge on any atom is 0.269 e. The smallest absolute Gasteiger partial charge is 0.269 e. The Morgan fingerprint density at radius 2 is 1.96 bits per heavy atom. The molecule has 0 aromatic carbocycles. The van der Waals surface area contributed by atoms with Crippen LogP contribution in [0.15, 0.2) is 55.5 Å². The maximum absolute atomic E-state index is 11.5. The minimum atomic E-state index is -0.231. The van der Waals surface area contributed by atoms with Gasteiger partial charge in [-0.25, -0.2) is 0 Å². The van der Waals surface area contributed by atoms with Gasteiger partial charge in [-0.2, -0.15) is 0 Å². The first-order valence-electron chi connectivity index (χ1n) is 7.77. The molecule has 0 atom stereocenters. The topological polar surface area (TPSA) is 51.2 Å². The van der Waals surface area contributed by atoms with Crippen LogP contribution in [0.4, 0.5) is 0 Å². The predicted octanol–water partition coefficient (Wildman–Crippen LogP) is 4.76. The summed E-state index contributed by atoms with van der Waals surface area (Å²) in [4.78, 5) is 15.5. The highest BCUT2D eigenvalue weighted by molar-refractivity contribution is 5.92. The van der Waals surface area contributed by atoms with E-state index in [4.69, 9.17) is 4.74 Å². The van der Waals surface area contributed by atoms with Crippen molar-refractivity contribution in [3.8, 4) is 5.75 Å². The number of hydrogen-bond acceptors (Lipinski definition) is 3. The Hall–Kier alpha value is -2.36. The Kier molecular flexibility index (Phi) is 14.5. The lowest BCUT2D eigenvalue weighted by molar-refractivity contribution is 0.0958. The third-order valence-corrected chi connectivity index (χ3v) is 2.36. The third kappa shape index (κ3) is 10.1. The quantitative estimate of drug-likeness (QED) is 0.483. The van der Waals surface area contributed by atoms with Crippen molar-refractivity contribution in [3.05, 3.63) is 61.2 Å². The molecule has 0 aliphatic heterocycles. The Bertz CT molecular complexity index is 506. The van der Waals surface area contributed by atoms with Gasteiger partial charge in [0.1, 0.15) is 17.2 Å². The van der Waals surface area contributed by atoms with Gasteiger partial charge in [0.25, 0.3) is 5.91 Å². The van der Waals surface area contributed by atoms with E-state index in [1.807, 2.05) is 32.9 Å². The fourth-order valence-corrected chi connectivity index (χ4v) is 1.34. The predicted molar refractivity (Wildman–Crippen MR) is 98.6 cm³/mol. The number of hydrogen-bond donors (Lipinski definition) is 1. The lowest BCUT2D eigenvalue weighted by Gasteiger charge is -2.07. The third-order valence-electron chi connectivity index (χ3n) is 2.36. The van der Waals surface area contributed by atoms with Crippen molar-refractivity contribution < 1.29 is 9.53 Å². The summed E-state index contributed by atoms with van der Waals surface area (Å²) in [6.45, 7) is 16.1. The molecule has 0 saturated heterocycles. The number of aromatic nitrogens is 1. The summed E-state index contributed by atoms with van der Waals surface area (Å²) in [6, 6.07) is 3.34. The van der Waals surface area contributed by atoms with Gasteiger partial charge in [0.05, 0.1) is 0 Å². The number of carbonyl (C=O) groups is 1. The van der Waals surface area contributed by atoms with Crippen LogP contribution in [-0.4, -0.2) is 17.9 Å². The van der Waals surface area contributed by atoms with Gasteiger partial charge in [0, 0.05) is 19.3 Å². The van der Waals surface area contributed by atoms with Crippen LogP contribution in [0.3, 0.4) is 0 Å². The number of rotatable bonds is 5. The van der Waals surface area contributed by atoms with Gasteiger partial charge in [0.2, 0.25) is 0 Å². The van der Waals surface area contributed by atoms with E-state index in [1.54, 1.807) is 25.4 Å². The fourth-order valence-electron chi connectivity index (χ4n) is 1.34. The molecule has 1 amide bonds. The molecule has 1 rings (SSSR count). The lowest BCUT2D eigenvalue weighted by Crippen LogP contribution is -2.19. The SMILES string of the molecule is C/C=C(\C=C/C(C)C)Oc1ccnc(C(=O)NC)c1.C=C.CC. The van der Waals surface area contributed by atoms with Crippen LogP contribution in [0.5, 0.6) is 5.75 Å². The van der Waals surface area contributed by atoms with Crippen LogP contribution in [0.2, 0.25) is 0 Å². The standard InChI is InChI=1S/C15H20N2O2.C2H6.C2H4/c1-5-12(7-6-11(2)3)19-13-8-9-17-14(10-13)15(18)16-4;2*1-2/h5-11H,1-4H3,(H,16,18);1-2H3;1-2H2/b7-6-,12-5+;;. The highest BCUT2D eigenvalue weighted by atomic mass is 16.5. The van der Waals surface area contributed by atoms with E-state index in [0.717, 1.165) is 5.76 Å². The average Bonchev–Trinajstić information content (AvgIpc) is 2.61. The van der Waals surface area contributed by atoms with Crippen LogP contribution in [0.1, 0.15) is 45.1 Å². The van der Waals surface area contributed by atoms with Crippen LogP contribution < -0.4 is 10.1 Å². The van der Waals surface area contributed by atoms with Crippen molar-refractivity contribution in [1.29, 1.82) is 0 Å². The van der Waals surface area contributed by atoms with E-state index in [-0.39, 0.29) is 5.91 Å². The molecular weight excluding hydrogens is 288 g/mol. The first-order chi connectivity index (χ1) is 11.1. The molecule has 0 saturated carbocycles. The maximum atomic E-state index is 11.5. The van der Waals surface area contributed by atoms with E-state index >= 15 is 0 Å². The Morgan fingerprint density at radius 1 is 1.35 bits per heavy atom. The van der Waals surface area contributed by atoms with Gasteiger partial charge in [0.15, 0.2) is 0 Å². The number of nitrogens with one attached hydrogen (secondary N) is 1. The molecule has 23 heavy (non-hydrogen) atoms. The summed E-state index contributed by atoms with van der Waals surface area (Å²) in [6.07, 6.45) is 7.40. The number of amides is 1. The van der Waals surface area contributed by atoms with Gasteiger partial charge in [-0.05, 0) is 31.1 Å². The summed E-state index contributed by atoms with van der Waals surface area (Å²) in [5.74, 6) is 1.56. The molecule has 0 bridgehead atoms. The summed E-state index contributed by atoms with van der Waals surface area (Å²) in [5, 5.41) is 2.53. The lowest BCUT2D eigenvalue weighted by atomic mass is 10.2. The minimum absolute atomic E-state index is 0.231. The van der Waals surface area contributed by atoms with Gasteiger partial charge in [-0.15, -0.1) is 13.2 Å². The van der Waals surface area contributed by atoms with Crippen molar-refractivity contribution in [2.75, 3.05) is 7.05 Å². The van der Waals surface area contributed by atoms with Crippen molar-refractivity contribution in [3.63, 3.8) is 0 Å². The zero-order valence-corrected chi connectivity index (χ0v) is 15.2. The number of ether oxygens (including phenoxy) is 1. The fraction of sp³-hybridized carbons (Fsp3) is 0.368. The molecule has 1 aromatic heterocycles. The number of pyridine rings is 1. The molecule has 0 radical (unpaired) electrons. The summed E-state index contributed by atoms with van der Waals surface area (Å²) in [5.41, 5.74) is 0.336. The first-order valence-corrected chi connectivity index (χ1v) is 7.77. The highest BCUT2D eigenvalue weighted by Gasteiger charge is 2.06. The first kappa shape index (κ1) is 22.9. The molecule has 0 spiro atoms. The zero-order valence-electron chi connectivity index (χ0n) is 15.2.